The highest BCUT2D eigenvalue weighted by molar-refractivity contribution is 7.89. The quantitative estimate of drug-likeness (QED) is 0.506. The Morgan fingerprint density at radius 2 is 1.80 bits per heavy atom. The molecule has 1 aliphatic rings. The zero-order valence-corrected chi connectivity index (χ0v) is 14.8. The van der Waals surface area contributed by atoms with Gasteiger partial charge < -0.3 is 10.1 Å². The summed E-state index contributed by atoms with van der Waals surface area (Å²) in [5.41, 5.74) is 0.383. The van der Waals surface area contributed by atoms with Crippen LogP contribution < -0.4 is 10.0 Å². The summed E-state index contributed by atoms with van der Waals surface area (Å²) in [5.74, 6) is -1.44. The van der Waals surface area contributed by atoms with Gasteiger partial charge in [0.1, 0.15) is 6.54 Å². The van der Waals surface area contributed by atoms with E-state index in [0.717, 1.165) is 12.8 Å². The monoisotopic (exact) mass is 368 g/mol. The summed E-state index contributed by atoms with van der Waals surface area (Å²) in [7, 11) is -3.93. The van der Waals surface area contributed by atoms with E-state index in [1.807, 2.05) is 0 Å². The van der Waals surface area contributed by atoms with Gasteiger partial charge in [-0.05, 0) is 38.8 Å². The van der Waals surface area contributed by atoms with Gasteiger partial charge >= 0.3 is 5.97 Å². The van der Waals surface area contributed by atoms with Crippen molar-refractivity contribution in [2.75, 3.05) is 6.54 Å². The number of carbonyl (C=O) groups is 3. The van der Waals surface area contributed by atoms with Crippen molar-refractivity contribution in [2.45, 2.75) is 43.7 Å². The molecule has 0 heterocycles. The second-order valence-corrected chi connectivity index (χ2v) is 7.59. The number of Topliss-reactive ketones (excluding diaryl/α,β-unsaturated/α-hetero) is 1. The maximum atomic E-state index is 12.1. The van der Waals surface area contributed by atoms with E-state index in [0.29, 0.717) is 5.56 Å². The molecule has 9 heteroatoms. The minimum atomic E-state index is -3.93. The van der Waals surface area contributed by atoms with Crippen LogP contribution in [0.1, 0.15) is 37.0 Å². The molecule has 136 valence electrons. The summed E-state index contributed by atoms with van der Waals surface area (Å²) in [6.45, 7) is 2.20. The van der Waals surface area contributed by atoms with Gasteiger partial charge in [-0.1, -0.05) is 12.1 Å². The molecular formula is C16H20N2O6S. The standard InChI is InChI=1S/C16H20N2O6S/c1-10(19)12-3-7-14(8-4-12)25(22,23)17-9-15(20)24-11(2)16(21)18-13-5-6-13/h3-4,7-8,11,13,17H,5-6,9H2,1-2H3,(H,18,21)/t11-/m1/s1. The largest absolute Gasteiger partial charge is 0.452 e. The lowest BCUT2D eigenvalue weighted by atomic mass is 10.2. The molecule has 25 heavy (non-hydrogen) atoms. The van der Waals surface area contributed by atoms with Crippen LogP contribution in [0.3, 0.4) is 0 Å². The van der Waals surface area contributed by atoms with Gasteiger partial charge in [-0.25, -0.2) is 8.42 Å². The maximum absolute atomic E-state index is 12.1. The van der Waals surface area contributed by atoms with Crippen LogP contribution in [0.15, 0.2) is 29.2 Å². The smallest absolute Gasteiger partial charge is 0.321 e. The number of rotatable bonds is 8. The average molecular weight is 368 g/mol. The molecule has 1 atom stereocenters. The summed E-state index contributed by atoms with van der Waals surface area (Å²) in [4.78, 5) is 34.5. The number of hydrogen-bond acceptors (Lipinski definition) is 6. The molecule has 0 saturated heterocycles. The molecule has 1 saturated carbocycles. The fraction of sp³-hybridized carbons (Fsp3) is 0.438. The molecule has 0 spiro atoms. The van der Waals surface area contributed by atoms with E-state index in [-0.39, 0.29) is 16.7 Å². The lowest BCUT2D eigenvalue weighted by molar-refractivity contribution is -0.153. The van der Waals surface area contributed by atoms with Gasteiger partial charge in [0, 0.05) is 11.6 Å². The number of sulfonamides is 1. The topological polar surface area (TPSA) is 119 Å². The molecule has 2 N–H and O–H groups in total. The van der Waals surface area contributed by atoms with Crippen molar-refractivity contribution in [3.63, 3.8) is 0 Å². The molecule has 0 aromatic heterocycles. The van der Waals surface area contributed by atoms with Crippen LogP contribution in [-0.2, 0) is 24.3 Å². The first-order valence-electron chi connectivity index (χ1n) is 7.79. The second-order valence-electron chi connectivity index (χ2n) is 5.82. The number of carbonyl (C=O) groups excluding carboxylic acids is 3. The maximum Gasteiger partial charge on any atom is 0.321 e. The molecule has 0 bridgehead atoms. The molecule has 0 unspecified atom stereocenters. The van der Waals surface area contributed by atoms with Gasteiger partial charge in [-0.15, -0.1) is 0 Å². The molecule has 1 aromatic carbocycles. The van der Waals surface area contributed by atoms with Gasteiger partial charge in [0.2, 0.25) is 10.0 Å². The van der Waals surface area contributed by atoms with E-state index in [9.17, 15) is 22.8 Å². The van der Waals surface area contributed by atoms with Crippen molar-refractivity contribution >= 4 is 27.7 Å². The summed E-state index contributed by atoms with van der Waals surface area (Å²) >= 11 is 0. The lowest BCUT2D eigenvalue weighted by Gasteiger charge is -2.13. The predicted molar refractivity (Wildman–Crippen MR) is 88.4 cm³/mol. The lowest BCUT2D eigenvalue weighted by Crippen LogP contribution is -2.39. The highest BCUT2D eigenvalue weighted by atomic mass is 32.2. The van der Waals surface area contributed by atoms with Crippen molar-refractivity contribution in [3.8, 4) is 0 Å². The predicted octanol–water partition coefficient (Wildman–Crippen LogP) is 0.378. The fourth-order valence-corrected chi connectivity index (χ4v) is 2.91. The van der Waals surface area contributed by atoms with Gasteiger partial charge in [0.25, 0.3) is 5.91 Å². The average Bonchev–Trinajstić information content (AvgIpc) is 3.37. The molecular weight excluding hydrogens is 348 g/mol. The summed E-state index contributed by atoms with van der Waals surface area (Å²) < 4.78 is 31.2. The Kier molecular flexibility index (Phi) is 5.91. The molecule has 8 nitrogen and oxygen atoms in total. The van der Waals surface area contributed by atoms with Crippen molar-refractivity contribution < 1.29 is 27.5 Å². The molecule has 0 aliphatic heterocycles. The number of benzene rings is 1. The van der Waals surface area contributed by atoms with Crippen molar-refractivity contribution in [2.24, 2.45) is 0 Å². The third-order valence-electron chi connectivity index (χ3n) is 3.58. The van der Waals surface area contributed by atoms with Crippen LogP contribution in [0.2, 0.25) is 0 Å². The second kappa shape index (κ2) is 7.75. The molecule has 1 aliphatic carbocycles. The Morgan fingerprint density at radius 1 is 1.20 bits per heavy atom. The molecule has 1 amide bonds. The third kappa shape index (κ3) is 5.64. The SMILES string of the molecule is CC(=O)c1ccc(S(=O)(=O)NCC(=O)O[C@H](C)C(=O)NC2CC2)cc1. The minimum Gasteiger partial charge on any atom is -0.452 e. The van der Waals surface area contributed by atoms with E-state index < -0.39 is 34.5 Å². The van der Waals surface area contributed by atoms with E-state index in [4.69, 9.17) is 4.74 Å². The van der Waals surface area contributed by atoms with Crippen LogP contribution in [0.5, 0.6) is 0 Å². The normalized spacial score (nSPS) is 15.3. The zero-order valence-electron chi connectivity index (χ0n) is 13.9. The van der Waals surface area contributed by atoms with E-state index in [1.54, 1.807) is 0 Å². The van der Waals surface area contributed by atoms with Crippen LogP contribution in [0, 0.1) is 0 Å². The number of hydrogen-bond donors (Lipinski definition) is 2. The Labute approximate surface area is 146 Å². The minimum absolute atomic E-state index is 0.0789. The molecule has 0 radical (unpaired) electrons. The highest BCUT2D eigenvalue weighted by Gasteiger charge is 2.27. The summed E-state index contributed by atoms with van der Waals surface area (Å²) in [6, 6.07) is 5.47. The number of ether oxygens (including phenoxy) is 1. The first-order chi connectivity index (χ1) is 11.7. The van der Waals surface area contributed by atoms with Crippen LogP contribution in [0.4, 0.5) is 0 Å². The third-order valence-corrected chi connectivity index (χ3v) is 5.00. The van der Waals surface area contributed by atoms with Gasteiger partial charge in [0.15, 0.2) is 11.9 Å². The van der Waals surface area contributed by atoms with Crippen LogP contribution >= 0.6 is 0 Å². The highest BCUT2D eigenvalue weighted by Crippen LogP contribution is 2.18. The van der Waals surface area contributed by atoms with Crippen molar-refractivity contribution in [3.05, 3.63) is 29.8 Å². The van der Waals surface area contributed by atoms with Crippen molar-refractivity contribution in [1.82, 2.24) is 10.0 Å². The van der Waals surface area contributed by atoms with Crippen LogP contribution in [-0.4, -0.2) is 44.8 Å². The summed E-state index contributed by atoms with van der Waals surface area (Å²) in [6.07, 6.45) is 0.830. The Balaban J connectivity index is 1.86. The molecule has 1 aromatic rings. The van der Waals surface area contributed by atoms with E-state index >= 15 is 0 Å². The number of esters is 1. The molecule has 2 rings (SSSR count). The number of amides is 1. The first kappa shape index (κ1) is 19.1. The Bertz CT molecular complexity index is 768. The molecule has 1 fully saturated rings. The Morgan fingerprint density at radius 3 is 2.32 bits per heavy atom. The van der Waals surface area contributed by atoms with E-state index in [2.05, 4.69) is 10.0 Å². The number of ketones is 1. The van der Waals surface area contributed by atoms with Crippen LogP contribution in [0.25, 0.3) is 0 Å². The van der Waals surface area contributed by atoms with E-state index in [1.165, 1.54) is 38.1 Å². The fourth-order valence-electron chi connectivity index (χ4n) is 1.94. The van der Waals surface area contributed by atoms with Crippen molar-refractivity contribution in [1.29, 1.82) is 0 Å². The first-order valence-corrected chi connectivity index (χ1v) is 9.28. The summed E-state index contributed by atoms with van der Waals surface area (Å²) in [5, 5.41) is 2.69. The number of nitrogens with one attached hydrogen (secondary N) is 2. The van der Waals surface area contributed by atoms with Gasteiger partial charge in [-0.3, -0.25) is 14.4 Å². The Hall–Kier alpha value is -2.26. The zero-order chi connectivity index (χ0) is 18.6. The van der Waals surface area contributed by atoms with Gasteiger partial charge in [0.05, 0.1) is 4.90 Å². The van der Waals surface area contributed by atoms with Gasteiger partial charge in [-0.2, -0.15) is 4.72 Å².